The number of hydrogen-bond acceptors (Lipinski definition) is 7. The summed E-state index contributed by atoms with van der Waals surface area (Å²) in [6.07, 6.45) is 0.784. The van der Waals surface area contributed by atoms with Crippen molar-refractivity contribution < 1.29 is 32.3 Å². The lowest BCUT2D eigenvalue weighted by molar-refractivity contribution is -0.148. The first-order valence-corrected chi connectivity index (χ1v) is 11.6. The third kappa shape index (κ3) is 4.27. The molecule has 2 N–H and O–H groups in total. The lowest BCUT2D eigenvalue weighted by Crippen LogP contribution is -2.54. The lowest BCUT2D eigenvalue weighted by atomic mass is 9.84. The molecule has 0 aromatic heterocycles. The molecule has 3 rings (SSSR count). The summed E-state index contributed by atoms with van der Waals surface area (Å²) in [5.74, 6) is -1.59. The quantitative estimate of drug-likeness (QED) is 0.584. The number of carbonyl (C=O) groups is 3. The number of sulfone groups is 1. The third-order valence-corrected chi connectivity index (χ3v) is 8.13. The third-order valence-electron chi connectivity index (χ3n) is 5.38. The molecule has 2 aliphatic rings. The first-order valence-electron chi connectivity index (χ1n) is 9.77. The van der Waals surface area contributed by atoms with Gasteiger partial charge >= 0.3 is 18.0 Å². The summed E-state index contributed by atoms with van der Waals surface area (Å²) in [7, 11) is -4.03. The Morgan fingerprint density at radius 1 is 1.19 bits per heavy atom. The van der Waals surface area contributed by atoms with E-state index >= 15 is 0 Å². The summed E-state index contributed by atoms with van der Waals surface area (Å²) < 4.78 is 35.0. The maximum atomic E-state index is 13.2. The Balaban J connectivity index is 1.85. The number of rotatable bonds is 7. The van der Waals surface area contributed by atoms with Gasteiger partial charge in [0, 0.05) is 5.02 Å². The second kappa shape index (κ2) is 8.88. The van der Waals surface area contributed by atoms with Crippen LogP contribution >= 0.6 is 11.6 Å². The molecule has 0 radical (unpaired) electrons. The number of carbonyl (C=O) groups excluding carboxylic acids is 3. The molecule has 1 atom stereocenters. The van der Waals surface area contributed by atoms with Crippen molar-refractivity contribution in [3.63, 3.8) is 0 Å². The molecule has 0 saturated heterocycles. The van der Waals surface area contributed by atoms with E-state index in [9.17, 15) is 22.8 Å². The van der Waals surface area contributed by atoms with Gasteiger partial charge in [0.25, 0.3) is 0 Å². The maximum Gasteiger partial charge on any atom is 0.338 e. The van der Waals surface area contributed by atoms with Crippen molar-refractivity contribution >= 4 is 39.4 Å². The Morgan fingerprint density at radius 3 is 2.39 bits per heavy atom. The summed E-state index contributed by atoms with van der Waals surface area (Å²) in [4.78, 5) is 37.0. The van der Waals surface area contributed by atoms with Gasteiger partial charge in [-0.2, -0.15) is 0 Å². The van der Waals surface area contributed by atoms with Crippen molar-refractivity contribution in [1.82, 2.24) is 10.6 Å². The molecule has 0 bridgehead atoms. The summed E-state index contributed by atoms with van der Waals surface area (Å²) in [6, 6.07) is 4.33. The first-order chi connectivity index (χ1) is 14.6. The average molecular weight is 471 g/mol. The van der Waals surface area contributed by atoms with Gasteiger partial charge in [0.05, 0.1) is 28.8 Å². The standard InChI is InChI=1S/C20H23ClN2O7S/c1-3-29-17(24)16-12(2)22-19(26)23-15(16)11-30-18(25)20(9-4-10-20)31(27,28)14-7-5-13(21)6-8-14/h5-8,12H,3-4,9-11H2,1-2H3,(H2,22,23,26). The molecule has 1 saturated carbocycles. The average Bonchev–Trinajstić information content (AvgIpc) is 2.65. The van der Waals surface area contributed by atoms with Gasteiger partial charge in [0.1, 0.15) is 6.61 Å². The summed E-state index contributed by atoms with van der Waals surface area (Å²) in [5, 5.41) is 5.35. The lowest BCUT2D eigenvalue weighted by Gasteiger charge is -2.38. The normalized spacial score (nSPS) is 20.2. The molecular formula is C20H23ClN2O7S. The van der Waals surface area contributed by atoms with E-state index in [-0.39, 0.29) is 35.6 Å². The number of urea groups is 1. The minimum Gasteiger partial charge on any atom is -0.463 e. The molecule has 1 fully saturated rings. The second-order valence-corrected chi connectivity index (χ2v) is 10.0. The van der Waals surface area contributed by atoms with E-state index in [1.165, 1.54) is 24.3 Å². The molecule has 1 heterocycles. The first kappa shape index (κ1) is 23.1. The molecule has 1 aromatic carbocycles. The molecule has 9 nitrogen and oxygen atoms in total. The van der Waals surface area contributed by atoms with Crippen LogP contribution in [-0.2, 0) is 28.9 Å². The number of amides is 2. The van der Waals surface area contributed by atoms with Crippen LogP contribution < -0.4 is 10.6 Å². The smallest absolute Gasteiger partial charge is 0.338 e. The molecule has 1 aliphatic carbocycles. The number of halogens is 1. The molecule has 1 unspecified atom stereocenters. The van der Waals surface area contributed by atoms with Crippen molar-refractivity contribution in [3.05, 3.63) is 40.6 Å². The number of ether oxygens (including phenoxy) is 2. The van der Waals surface area contributed by atoms with E-state index in [1.54, 1.807) is 13.8 Å². The predicted octanol–water partition coefficient (Wildman–Crippen LogP) is 2.10. The highest BCUT2D eigenvalue weighted by Crippen LogP contribution is 2.44. The van der Waals surface area contributed by atoms with Gasteiger partial charge in [0.15, 0.2) is 14.6 Å². The SMILES string of the molecule is CCOC(=O)C1=C(COC(=O)C2(S(=O)(=O)c3ccc(Cl)cc3)CCC2)NC(=O)NC1C. The van der Waals surface area contributed by atoms with Gasteiger partial charge in [-0.3, -0.25) is 4.79 Å². The fourth-order valence-electron chi connectivity index (χ4n) is 3.58. The topological polar surface area (TPSA) is 128 Å². The monoisotopic (exact) mass is 470 g/mol. The van der Waals surface area contributed by atoms with Crippen LogP contribution in [0.3, 0.4) is 0 Å². The number of esters is 2. The van der Waals surface area contributed by atoms with Gasteiger partial charge in [-0.15, -0.1) is 0 Å². The van der Waals surface area contributed by atoms with E-state index < -0.39 is 45.2 Å². The van der Waals surface area contributed by atoms with Crippen molar-refractivity contribution in [2.45, 2.75) is 48.8 Å². The molecule has 31 heavy (non-hydrogen) atoms. The highest BCUT2D eigenvalue weighted by molar-refractivity contribution is 7.93. The summed E-state index contributed by atoms with van der Waals surface area (Å²) in [6.45, 7) is 2.88. The minimum absolute atomic E-state index is 0.0243. The number of benzene rings is 1. The number of nitrogens with one attached hydrogen (secondary N) is 2. The predicted molar refractivity (Wildman–Crippen MR) is 111 cm³/mol. The Bertz CT molecular complexity index is 1030. The highest BCUT2D eigenvalue weighted by atomic mass is 35.5. The van der Waals surface area contributed by atoms with E-state index in [4.69, 9.17) is 21.1 Å². The van der Waals surface area contributed by atoms with Crippen LogP contribution in [0.15, 0.2) is 40.4 Å². The van der Waals surface area contributed by atoms with Crippen LogP contribution in [-0.4, -0.2) is 50.4 Å². The zero-order valence-corrected chi connectivity index (χ0v) is 18.6. The highest BCUT2D eigenvalue weighted by Gasteiger charge is 2.57. The summed E-state index contributed by atoms with van der Waals surface area (Å²) in [5.41, 5.74) is 0.166. The molecular weight excluding hydrogens is 448 g/mol. The molecule has 1 aliphatic heterocycles. The molecule has 1 aromatic rings. The van der Waals surface area contributed by atoms with E-state index in [1.807, 2.05) is 0 Å². The van der Waals surface area contributed by atoms with Crippen LogP contribution in [0, 0.1) is 0 Å². The molecule has 2 amide bonds. The van der Waals surface area contributed by atoms with Crippen molar-refractivity contribution in [3.8, 4) is 0 Å². The van der Waals surface area contributed by atoms with Crippen molar-refractivity contribution in [2.75, 3.05) is 13.2 Å². The van der Waals surface area contributed by atoms with Crippen molar-refractivity contribution in [1.29, 1.82) is 0 Å². The largest absolute Gasteiger partial charge is 0.463 e. The Kier molecular flexibility index (Phi) is 6.61. The van der Waals surface area contributed by atoms with Crippen LogP contribution in [0.4, 0.5) is 4.79 Å². The fourth-order valence-corrected chi connectivity index (χ4v) is 5.76. The van der Waals surface area contributed by atoms with E-state index in [0.717, 1.165) is 0 Å². The van der Waals surface area contributed by atoms with Crippen LogP contribution in [0.2, 0.25) is 5.02 Å². The molecule has 0 spiro atoms. The zero-order chi connectivity index (χ0) is 22.8. The Hall–Kier alpha value is -2.59. The van der Waals surface area contributed by atoms with Gasteiger partial charge in [-0.05, 0) is 57.4 Å². The van der Waals surface area contributed by atoms with E-state index in [2.05, 4.69) is 10.6 Å². The van der Waals surface area contributed by atoms with E-state index in [0.29, 0.717) is 11.4 Å². The van der Waals surface area contributed by atoms with Crippen LogP contribution in [0.1, 0.15) is 33.1 Å². The van der Waals surface area contributed by atoms with Crippen molar-refractivity contribution in [2.24, 2.45) is 0 Å². The zero-order valence-electron chi connectivity index (χ0n) is 17.1. The Morgan fingerprint density at radius 2 is 1.84 bits per heavy atom. The van der Waals surface area contributed by atoms with Gasteiger partial charge < -0.3 is 20.1 Å². The summed E-state index contributed by atoms with van der Waals surface area (Å²) >= 11 is 5.84. The number of hydrogen-bond donors (Lipinski definition) is 2. The Labute approximate surface area is 185 Å². The molecule has 11 heteroatoms. The fraction of sp³-hybridized carbons (Fsp3) is 0.450. The van der Waals surface area contributed by atoms with Crippen LogP contribution in [0.5, 0.6) is 0 Å². The van der Waals surface area contributed by atoms with Gasteiger partial charge in [-0.1, -0.05) is 11.6 Å². The maximum absolute atomic E-state index is 13.2. The van der Waals surface area contributed by atoms with Gasteiger partial charge in [0.2, 0.25) is 0 Å². The molecule has 168 valence electrons. The second-order valence-electron chi connectivity index (χ2n) is 7.31. The van der Waals surface area contributed by atoms with Crippen LogP contribution in [0.25, 0.3) is 0 Å². The van der Waals surface area contributed by atoms with Gasteiger partial charge in [-0.25, -0.2) is 18.0 Å². The minimum atomic E-state index is -4.03.